The number of ether oxygens (including phenoxy) is 1. The molecule has 1 aliphatic carbocycles. The van der Waals surface area contributed by atoms with Crippen LogP contribution in [0.5, 0.6) is 0 Å². The first kappa shape index (κ1) is 20.3. The molecule has 3 rings (SSSR count). The molecule has 7 heteroatoms. The van der Waals surface area contributed by atoms with Gasteiger partial charge < -0.3 is 20.9 Å². The van der Waals surface area contributed by atoms with Crippen molar-refractivity contribution >= 4 is 33.3 Å². The Balaban J connectivity index is 1.78. The number of fused-ring (bicyclic) bond motifs is 1. The van der Waals surface area contributed by atoms with E-state index >= 15 is 0 Å². The molecule has 1 aromatic carbocycles. The molecule has 0 unspecified atom stereocenters. The number of thiophene rings is 1. The zero-order chi connectivity index (χ0) is 20.5. The van der Waals surface area contributed by atoms with Crippen molar-refractivity contribution in [1.82, 2.24) is 5.32 Å². The highest BCUT2D eigenvalue weighted by Gasteiger charge is 2.35. The molecule has 0 radical (unpaired) electrons. The van der Waals surface area contributed by atoms with Gasteiger partial charge in [-0.25, -0.2) is 4.79 Å². The second kappa shape index (κ2) is 7.92. The van der Waals surface area contributed by atoms with E-state index in [1.807, 2.05) is 18.2 Å². The molecule has 148 valence electrons. The topological polar surface area (TPSA) is 102 Å². The first-order valence-corrected chi connectivity index (χ1v) is 9.88. The summed E-state index contributed by atoms with van der Waals surface area (Å²) in [6.45, 7) is 3.51. The number of amides is 1. The minimum Gasteiger partial charge on any atom is -0.467 e. The molecule has 0 spiro atoms. The fraction of sp³-hybridized carbons (Fsp3) is 0.429. The largest absolute Gasteiger partial charge is 0.467 e. The predicted octanol–water partition coefficient (Wildman–Crippen LogP) is 1.89. The van der Waals surface area contributed by atoms with Crippen LogP contribution in [0.25, 0.3) is 10.1 Å². The average Bonchev–Trinajstić information content (AvgIpc) is 3.29. The highest BCUT2D eigenvalue weighted by Crippen LogP contribution is 2.37. The van der Waals surface area contributed by atoms with Gasteiger partial charge in [0.05, 0.1) is 12.0 Å². The highest BCUT2D eigenvalue weighted by atomic mass is 32.1. The van der Waals surface area contributed by atoms with Crippen molar-refractivity contribution in [1.29, 1.82) is 0 Å². The van der Waals surface area contributed by atoms with E-state index in [1.165, 1.54) is 18.4 Å². The van der Waals surface area contributed by atoms with Crippen molar-refractivity contribution in [3.8, 4) is 11.8 Å². The summed E-state index contributed by atoms with van der Waals surface area (Å²) in [6.07, 6.45) is 0.952. The lowest BCUT2D eigenvalue weighted by molar-refractivity contribution is -0.144. The number of carbonyl (C=O) groups is 2. The third-order valence-corrected chi connectivity index (χ3v) is 5.86. The first-order valence-electron chi connectivity index (χ1n) is 9.06. The summed E-state index contributed by atoms with van der Waals surface area (Å²) in [5, 5.41) is 12.7. The zero-order valence-corrected chi connectivity index (χ0v) is 16.9. The summed E-state index contributed by atoms with van der Waals surface area (Å²) >= 11 is 1.33. The molecule has 1 aromatic heterocycles. The Morgan fingerprint density at radius 1 is 1.43 bits per heavy atom. The molecule has 1 fully saturated rings. The van der Waals surface area contributed by atoms with E-state index in [0.29, 0.717) is 10.8 Å². The molecule has 2 aromatic rings. The monoisotopic (exact) mass is 400 g/mol. The first-order chi connectivity index (χ1) is 13.2. The van der Waals surface area contributed by atoms with Gasteiger partial charge in [0.25, 0.3) is 5.91 Å². The van der Waals surface area contributed by atoms with Crippen LogP contribution in [-0.2, 0) is 9.53 Å². The second-order valence-corrected chi connectivity index (χ2v) is 8.75. The quantitative estimate of drug-likeness (QED) is 0.526. The Morgan fingerprint density at radius 3 is 2.79 bits per heavy atom. The second-order valence-electron chi connectivity index (χ2n) is 7.67. The number of hydrogen-bond acceptors (Lipinski definition) is 6. The molecule has 6 nitrogen and oxygen atoms in total. The molecule has 0 saturated heterocycles. The van der Waals surface area contributed by atoms with E-state index in [1.54, 1.807) is 19.9 Å². The van der Waals surface area contributed by atoms with Crippen LogP contribution in [0.15, 0.2) is 24.3 Å². The van der Waals surface area contributed by atoms with Crippen molar-refractivity contribution in [3.05, 3.63) is 34.7 Å². The van der Waals surface area contributed by atoms with E-state index in [9.17, 15) is 9.59 Å². The lowest BCUT2D eigenvalue weighted by Crippen LogP contribution is -2.59. The number of carbonyl (C=O) groups excluding carboxylic acids is 2. The third-order valence-electron chi connectivity index (χ3n) is 4.76. The number of benzene rings is 1. The SMILES string of the molecule is COC(=O)[C@@H](NC(=O)c1cc2ccc(C#C[C@@H]3C[C@H]3CO)cc2s1)C(C)(C)N. The number of methoxy groups -OCH3 is 1. The summed E-state index contributed by atoms with van der Waals surface area (Å²) in [7, 11) is 1.26. The Hall–Kier alpha value is -2.40. The van der Waals surface area contributed by atoms with Crippen LogP contribution >= 0.6 is 11.3 Å². The summed E-state index contributed by atoms with van der Waals surface area (Å²) in [5.41, 5.74) is 5.93. The maximum atomic E-state index is 12.7. The van der Waals surface area contributed by atoms with Crippen LogP contribution < -0.4 is 11.1 Å². The summed E-state index contributed by atoms with van der Waals surface area (Å²) in [6, 6.07) is 6.63. The minimum absolute atomic E-state index is 0.188. The number of esters is 1. The van der Waals surface area contributed by atoms with E-state index in [0.717, 1.165) is 22.1 Å². The van der Waals surface area contributed by atoms with Crippen LogP contribution in [-0.4, -0.2) is 42.3 Å². The number of hydrogen-bond donors (Lipinski definition) is 3. The standard InChI is InChI=1S/C21H24N2O4S/c1-21(2,22)18(20(26)27-3)23-19(25)17-10-14-7-5-12(8-16(14)28-17)4-6-13-9-15(13)11-24/h5,7-8,10,13,15,18,24H,9,11,22H2,1-3H3,(H,23,25)/t13-,15+,18-/m1/s1. The maximum Gasteiger partial charge on any atom is 0.330 e. The van der Waals surface area contributed by atoms with Crippen LogP contribution in [0.1, 0.15) is 35.5 Å². The third kappa shape index (κ3) is 4.53. The number of nitrogens with one attached hydrogen (secondary N) is 1. The van der Waals surface area contributed by atoms with E-state index in [4.69, 9.17) is 15.6 Å². The van der Waals surface area contributed by atoms with Gasteiger partial charge in [0.1, 0.15) is 6.04 Å². The summed E-state index contributed by atoms with van der Waals surface area (Å²) in [4.78, 5) is 25.1. The van der Waals surface area contributed by atoms with Crippen molar-refractivity contribution in [2.24, 2.45) is 17.6 Å². The average molecular weight is 401 g/mol. The van der Waals surface area contributed by atoms with Crippen LogP contribution in [0.4, 0.5) is 0 Å². The Labute approximate surface area is 168 Å². The predicted molar refractivity (Wildman–Crippen MR) is 109 cm³/mol. The lowest BCUT2D eigenvalue weighted by atomic mass is 9.96. The fourth-order valence-corrected chi connectivity index (χ4v) is 3.90. The number of aliphatic hydroxyl groups excluding tert-OH is 1. The maximum absolute atomic E-state index is 12.7. The van der Waals surface area contributed by atoms with Crippen molar-refractivity contribution in [2.75, 3.05) is 13.7 Å². The summed E-state index contributed by atoms with van der Waals surface area (Å²) in [5.74, 6) is 5.96. The molecule has 1 saturated carbocycles. The summed E-state index contributed by atoms with van der Waals surface area (Å²) < 4.78 is 5.69. The van der Waals surface area contributed by atoms with Gasteiger partial charge in [-0.2, -0.15) is 0 Å². The van der Waals surface area contributed by atoms with Gasteiger partial charge in [0, 0.05) is 28.3 Å². The van der Waals surface area contributed by atoms with Crippen molar-refractivity contribution in [3.63, 3.8) is 0 Å². The zero-order valence-electron chi connectivity index (χ0n) is 16.1. The van der Waals surface area contributed by atoms with Gasteiger partial charge >= 0.3 is 5.97 Å². The Morgan fingerprint density at radius 2 is 2.18 bits per heavy atom. The van der Waals surface area contributed by atoms with Crippen molar-refractivity contribution in [2.45, 2.75) is 31.8 Å². The normalized spacial score (nSPS) is 19.5. The molecule has 4 N–H and O–H groups in total. The van der Waals surface area contributed by atoms with Crippen LogP contribution in [0.2, 0.25) is 0 Å². The molecule has 1 amide bonds. The van der Waals surface area contributed by atoms with E-state index < -0.39 is 17.6 Å². The van der Waals surface area contributed by atoms with Gasteiger partial charge in [0.2, 0.25) is 0 Å². The van der Waals surface area contributed by atoms with Gasteiger partial charge in [-0.15, -0.1) is 11.3 Å². The lowest BCUT2D eigenvalue weighted by Gasteiger charge is -2.28. The van der Waals surface area contributed by atoms with Gasteiger partial charge in [0.15, 0.2) is 0 Å². The minimum atomic E-state index is -0.961. The molecule has 1 aliphatic rings. The molecule has 0 bridgehead atoms. The Kier molecular flexibility index (Phi) is 5.75. The van der Waals surface area contributed by atoms with Gasteiger partial charge in [-0.05, 0) is 49.8 Å². The molecule has 0 aliphatic heterocycles. The van der Waals surface area contributed by atoms with Crippen molar-refractivity contribution < 1.29 is 19.4 Å². The highest BCUT2D eigenvalue weighted by molar-refractivity contribution is 7.20. The van der Waals surface area contributed by atoms with Gasteiger partial charge in [-0.1, -0.05) is 17.9 Å². The molecular weight excluding hydrogens is 376 g/mol. The fourth-order valence-electron chi connectivity index (χ4n) is 2.89. The van der Waals surface area contributed by atoms with E-state index in [2.05, 4.69) is 17.2 Å². The molecule has 28 heavy (non-hydrogen) atoms. The number of rotatable bonds is 5. The molecular formula is C21H24N2O4S. The van der Waals surface area contributed by atoms with Crippen LogP contribution in [0.3, 0.4) is 0 Å². The van der Waals surface area contributed by atoms with Crippen LogP contribution in [0, 0.1) is 23.7 Å². The molecule has 1 heterocycles. The van der Waals surface area contributed by atoms with Gasteiger partial charge in [-0.3, -0.25) is 4.79 Å². The Bertz CT molecular complexity index is 964. The number of aliphatic hydroxyl groups is 1. The molecule has 3 atom stereocenters. The smallest absolute Gasteiger partial charge is 0.330 e. The number of nitrogens with two attached hydrogens (primary N) is 1. The van der Waals surface area contributed by atoms with E-state index in [-0.39, 0.29) is 18.4 Å².